The van der Waals surface area contributed by atoms with Crippen molar-refractivity contribution < 1.29 is 19.3 Å². The first-order valence-electron chi connectivity index (χ1n) is 6.80. The number of aliphatic hydroxyl groups excluding tert-OH is 1. The van der Waals surface area contributed by atoms with E-state index in [1.807, 2.05) is 31.2 Å². The molecule has 1 heterocycles. The molecule has 0 amide bonds. The maximum Gasteiger partial charge on any atom is 0.118 e. The highest BCUT2D eigenvalue weighted by molar-refractivity contribution is 5.26. The number of ether oxygens (including phenoxy) is 3. The van der Waals surface area contributed by atoms with E-state index in [0.717, 1.165) is 23.3 Å². The molecule has 110 valence electrons. The van der Waals surface area contributed by atoms with E-state index in [-0.39, 0.29) is 24.9 Å². The van der Waals surface area contributed by atoms with E-state index >= 15 is 0 Å². The van der Waals surface area contributed by atoms with Crippen LogP contribution in [-0.2, 0) is 16.1 Å². The van der Waals surface area contributed by atoms with Crippen LogP contribution in [0.25, 0.3) is 0 Å². The summed E-state index contributed by atoms with van der Waals surface area (Å²) in [7, 11) is 1.65. The smallest absolute Gasteiger partial charge is 0.118 e. The van der Waals surface area contributed by atoms with Gasteiger partial charge in [-0.3, -0.25) is 0 Å². The molecule has 1 aromatic rings. The summed E-state index contributed by atoms with van der Waals surface area (Å²) >= 11 is 0. The van der Waals surface area contributed by atoms with Gasteiger partial charge in [0.05, 0.1) is 32.5 Å². The largest absolute Gasteiger partial charge is 0.497 e. The maximum atomic E-state index is 8.99. The van der Waals surface area contributed by atoms with Gasteiger partial charge in [-0.05, 0) is 24.6 Å². The lowest BCUT2D eigenvalue weighted by Gasteiger charge is -2.17. The summed E-state index contributed by atoms with van der Waals surface area (Å²) in [5.41, 5.74) is 2.07. The molecule has 20 heavy (non-hydrogen) atoms. The average molecular weight is 278 g/mol. The van der Waals surface area contributed by atoms with Gasteiger partial charge in [-0.25, -0.2) is 0 Å². The normalized spacial score (nSPS) is 22.4. The Kier molecular flexibility index (Phi) is 5.17. The third kappa shape index (κ3) is 4.07. The highest BCUT2D eigenvalue weighted by atomic mass is 16.6. The number of benzene rings is 1. The first-order chi connectivity index (χ1) is 9.63. The quantitative estimate of drug-likeness (QED) is 0.585. The van der Waals surface area contributed by atoms with Crippen LogP contribution in [0, 0.1) is 0 Å². The van der Waals surface area contributed by atoms with E-state index in [1.54, 1.807) is 7.11 Å². The van der Waals surface area contributed by atoms with Crippen LogP contribution in [0.4, 0.5) is 0 Å². The molecule has 1 aliphatic rings. The Hall–Kier alpha value is -1.36. The van der Waals surface area contributed by atoms with Crippen LogP contribution in [0.15, 0.2) is 36.4 Å². The maximum absolute atomic E-state index is 8.99. The molecule has 1 saturated heterocycles. The molecular weight excluding hydrogens is 256 g/mol. The zero-order valence-corrected chi connectivity index (χ0v) is 12.0. The van der Waals surface area contributed by atoms with E-state index in [1.165, 1.54) is 0 Å². The van der Waals surface area contributed by atoms with Crippen molar-refractivity contribution in [3.63, 3.8) is 0 Å². The van der Waals surface area contributed by atoms with Gasteiger partial charge in [-0.15, -0.1) is 0 Å². The van der Waals surface area contributed by atoms with Crippen LogP contribution in [0.1, 0.15) is 18.9 Å². The molecule has 0 aromatic heterocycles. The number of epoxide rings is 1. The molecule has 3 atom stereocenters. The highest BCUT2D eigenvalue weighted by Crippen LogP contribution is 2.29. The average Bonchev–Trinajstić information content (AvgIpc) is 3.22. The lowest BCUT2D eigenvalue weighted by atomic mass is 10.1. The number of rotatable bonds is 8. The molecule has 1 aliphatic heterocycles. The zero-order valence-electron chi connectivity index (χ0n) is 12.0. The Morgan fingerprint density at radius 3 is 2.55 bits per heavy atom. The molecule has 0 radical (unpaired) electrons. The molecule has 0 unspecified atom stereocenters. The van der Waals surface area contributed by atoms with Gasteiger partial charge in [0.1, 0.15) is 11.9 Å². The molecule has 0 saturated carbocycles. The van der Waals surface area contributed by atoms with E-state index < -0.39 is 0 Å². The molecule has 1 fully saturated rings. The summed E-state index contributed by atoms with van der Waals surface area (Å²) in [6.07, 6.45) is 0.772. The van der Waals surface area contributed by atoms with Crippen molar-refractivity contribution in [2.24, 2.45) is 0 Å². The topological polar surface area (TPSA) is 51.2 Å². The van der Waals surface area contributed by atoms with Crippen LogP contribution >= 0.6 is 0 Å². The Morgan fingerprint density at radius 1 is 1.35 bits per heavy atom. The van der Waals surface area contributed by atoms with Gasteiger partial charge >= 0.3 is 0 Å². The van der Waals surface area contributed by atoms with E-state index in [4.69, 9.17) is 19.3 Å². The summed E-state index contributed by atoms with van der Waals surface area (Å²) in [6.45, 7) is 6.52. The minimum atomic E-state index is -0.0429. The second-order valence-corrected chi connectivity index (χ2v) is 5.13. The fourth-order valence-corrected chi connectivity index (χ4v) is 2.09. The van der Waals surface area contributed by atoms with Crippen LogP contribution < -0.4 is 4.74 Å². The fourth-order valence-electron chi connectivity index (χ4n) is 2.09. The minimum Gasteiger partial charge on any atom is -0.497 e. The molecule has 2 rings (SSSR count). The number of aliphatic hydroxyl groups is 1. The summed E-state index contributed by atoms with van der Waals surface area (Å²) in [4.78, 5) is 0. The van der Waals surface area contributed by atoms with Gasteiger partial charge in [-0.2, -0.15) is 0 Å². The Morgan fingerprint density at radius 2 is 2.05 bits per heavy atom. The van der Waals surface area contributed by atoms with Crippen molar-refractivity contribution in [1.29, 1.82) is 0 Å². The first-order valence-corrected chi connectivity index (χ1v) is 6.80. The summed E-state index contributed by atoms with van der Waals surface area (Å²) in [6, 6.07) is 7.80. The van der Waals surface area contributed by atoms with Crippen molar-refractivity contribution in [3.05, 3.63) is 42.0 Å². The van der Waals surface area contributed by atoms with Crippen molar-refractivity contribution >= 4 is 0 Å². The van der Waals surface area contributed by atoms with Crippen LogP contribution in [0.3, 0.4) is 0 Å². The molecular formula is C16H22O4. The number of hydrogen-bond acceptors (Lipinski definition) is 4. The molecule has 1 N–H and O–H groups in total. The van der Waals surface area contributed by atoms with E-state index in [2.05, 4.69) is 6.58 Å². The molecule has 0 aliphatic carbocycles. The van der Waals surface area contributed by atoms with Crippen LogP contribution in [0.2, 0.25) is 0 Å². The fraction of sp³-hybridized carbons (Fsp3) is 0.500. The van der Waals surface area contributed by atoms with Crippen molar-refractivity contribution in [3.8, 4) is 5.75 Å². The van der Waals surface area contributed by atoms with Gasteiger partial charge in [0.2, 0.25) is 0 Å². The van der Waals surface area contributed by atoms with Crippen molar-refractivity contribution in [2.45, 2.75) is 38.3 Å². The van der Waals surface area contributed by atoms with Crippen molar-refractivity contribution in [2.75, 3.05) is 13.7 Å². The van der Waals surface area contributed by atoms with Crippen LogP contribution in [-0.4, -0.2) is 37.1 Å². The second-order valence-electron chi connectivity index (χ2n) is 5.13. The molecule has 0 bridgehead atoms. The number of hydrogen-bond donors (Lipinski definition) is 1. The van der Waals surface area contributed by atoms with Gasteiger partial charge in [0.15, 0.2) is 0 Å². The highest BCUT2D eigenvalue weighted by Gasteiger charge is 2.39. The van der Waals surface area contributed by atoms with Gasteiger partial charge in [0, 0.05) is 6.42 Å². The Labute approximate surface area is 120 Å². The molecule has 4 heteroatoms. The summed E-state index contributed by atoms with van der Waals surface area (Å²) in [5, 5.41) is 8.99. The third-order valence-corrected chi connectivity index (χ3v) is 3.47. The molecule has 1 aromatic carbocycles. The predicted octanol–water partition coefficient (Wildman–Crippen LogP) is 2.31. The van der Waals surface area contributed by atoms with Gasteiger partial charge < -0.3 is 19.3 Å². The predicted molar refractivity (Wildman–Crippen MR) is 76.7 cm³/mol. The Bertz CT molecular complexity index is 440. The zero-order chi connectivity index (χ0) is 14.5. The lowest BCUT2D eigenvalue weighted by molar-refractivity contribution is 0.0540. The second kappa shape index (κ2) is 6.88. The van der Waals surface area contributed by atoms with Crippen molar-refractivity contribution in [1.82, 2.24) is 0 Å². The minimum absolute atomic E-state index is 0.0264. The standard InChI is InChI=1S/C16H22O4/c1-11(2)14(8-15-16(9-17)20-15)19-10-12-4-6-13(18-3)7-5-12/h4-7,14-17H,1,8-10H2,2-3H3/t14-,15-,16-/m1/s1. The Balaban J connectivity index is 1.83. The van der Waals surface area contributed by atoms with Gasteiger partial charge in [0.25, 0.3) is 0 Å². The summed E-state index contributed by atoms with van der Waals surface area (Å²) in [5.74, 6) is 0.836. The SMILES string of the molecule is C=C(C)[C@@H](C[C@H]1O[C@@H]1CO)OCc1ccc(OC)cc1. The lowest BCUT2D eigenvalue weighted by Crippen LogP contribution is -2.18. The van der Waals surface area contributed by atoms with E-state index in [0.29, 0.717) is 6.61 Å². The molecule has 4 nitrogen and oxygen atoms in total. The third-order valence-electron chi connectivity index (χ3n) is 3.47. The summed E-state index contributed by atoms with van der Waals surface area (Å²) < 4.78 is 16.4. The monoisotopic (exact) mass is 278 g/mol. The van der Waals surface area contributed by atoms with E-state index in [9.17, 15) is 0 Å². The first kappa shape index (κ1) is 15.0. The molecule has 0 spiro atoms. The van der Waals surface area contributed by atoms with Gasteiger partial charge in [-0.1, -0.05) is 24.3 Å². The number of methoxy groups -OCH3 is 1. The van der Waals surface area contributed by atoms with Crippen LogP contribution in [0.5, 0.6) is 5.75 Å².